The average molecular weight is 426 g/mol. The monoisotopic (exact) mass is 425 g/mol. The summed E-state index contributed by atoms with van der Waals surface area (Å²) in [5.41, 5.74) is 3.08. The summed E-state index contributed by atoms with van der Waals surface area (Å²) in [5, 5.41) is 9.90. The van der Waals surface area contributed by atoms with Gasteiger partial charge in [-0.1, -0.05) is 34.1 Å². The van der Waals surface area contributed by atoms with E-state index in [-0.39, 0.29) is 18.2 Å². The molecular formula is C19H16BrN5O2. The van der Waals surface area contributed by atoms with Crippen LogP contribution in [-0.2, 0) is 16.1 Å². The van der Waals surface area contributed by atoms with Crippen molar-refractivity contribution in [2.75, 3.05) is 10.6 Å². The minimum absolute atomic E-state index is 0.112. The molecule has 2 N–H and O–H groups in total. The van der Waals surface area contributed by atoms with Crippen LogP contribution in [0.3, 0.4) is 0 Å². The number of carbonyl (C=O) groups excluding carboxylic acids is 2. The van der Waals surface area contributed by atoms with Gasteiger partial charge < -0.3 is 10.6 Å². The maximum Gasteiger partial charge on any atom is 0.232 e. The molecule has 1 atom stereocenters. The highest BCUT2D eigenvalue weighted by atomic mass is 79.9. The third-order valence-corrected chi connectivity index (χ3v) is 4.94. The van der Waals surface area contributed by atoms with Gasteiger partial charge in [-0.25, -0.2) is 9.67 Å². The number of anilines is 2. The zero-order valence-electron chi connectivity index (χ0n) is 14.2. The lowest BCUT2D eigenvalue weighted by atomic mass is 9.89. The molecule has 27 heavy (non-hydrogen) atoms. The van der Waals surface area contributed by atoms with Crippen LogP contribution in [0.25, 0.3) is 0 Å². The van der Waals surface area contributed by atoms with Crippen LogP contribution < -0.4 is 10.6 Å². The molecule has 0 saturated carbocycles. The molecule has 2 aromatic carbocycles. The Kier molecular flexibility index (Phi) is 4.72. The van der Waals surface area contributed by atoms with Crippen LogP contribution in [0.4, 0.5) is 11.4 Å². The first kappa shape index (κ1) is 17.4. The fourth-order valence-corrected chi connectivity index (χ4v) is 3.53. The smallest absolute Gasteiger partial charge is 0.232 e. The van der Waals surface area contributed by atoms with Gasteiger partial charge in [-0.05, 0) is 35.4 Å². The van der Waals surface area contributed by atoms with Crippen LogP contribution in [0.2, 0.25) is 0 Å². The number of halogens is 1. The van der Waals surface area contributed by atoms with Gasteiger partial charge in [0.05, 0.1) is 12.5 Å². The Morgan fingerprint density at radius 2 is 2.15 bits per heavy atom. The van der Waals surface area contributed by atoms with Crippen LogP contribution in [0, 0.1) is 0 Å². The molecular weight excluding hydrogens is 410 g/mol. The maximum atomic E-state index is 13.0. The van der Waals surface area contributed by atoms with Crippen LogP contribution in [0.1, 0.15) is 23.5 Å². The van der Waals surface area contributed by atoms with Crippen molar-refractivity contribution >= 4 is 39.1 Å². The third-order valence-electron chi connectivity index (χ3n) is 4.44. The first-order valence-corrected chi connectivity index (χ1v) is 9.20. The summed E-state index contributed by atoms with van der Waals surface area (Å²) in [6.07, 6.45) is 3.20. The second-order valence-electron chi connectivity index (χ2n) is 6.28. The molecule has 1 aliphatic rings. The van der Waals surface area contributed by atoms with E-state index in [9.17, 15) is 9.59 Å². The Labute approximate surface area is 163 Å². The lowest BCUT2D eigenvalue weighted by Gasteiger charge is -2.25. The van der Waals surface area contributed by atoms with Crippen molar-refractivity contribution in [3.8, 4) is 0 Å². The first-order chi connectivity index (χ1) is 13.1. The lowest BCUT2D eigenvalue weighted by molar-refractivity contribution is -0.123. The predicted octanol–water partition coefficient (Wildman–Crippen LogP) is 3.15. The Morgan fingerprint density at radius 3 is 2.96 bits per heavy atom. The normalized spacial score (nSPS) is 15.7. The molecule has 0 spiro atoms. The summed E-state index contributed by atoms with van der Waals surface area (Å²) in [6, 6.07) is 13.0. The Morgan fingerprint density at radius 1 is 1.30 bits per heavy atom. The molecule has 1 aromatic heterocycles. The summed E-state index contributed by atoms with van der Waals surface area (Å²) in [5.74, 6) is -0.929. The number of hydrogen-bond donors (Lipinski definition) is 2. The highest BCUT2D eigenvalue weighted by molar-refractivity contribution is 9.10. The van der Waals surface area contributed by atoms with Crippen molar-refractivity contribution < 1.29 is 9.59 Å². The van der Waals surface area contributed by atoms with Crippen molar-refractivity contribution in [3.63, 3.8) is 0 Å². The molecule has 4 rings (SSSR count). The number of aromatic nitrogens is 3. The Hall–Kier alpha value is -3.00. The maximum absolute atomic E-state index is 13.0. The molecule has 3 aromatic rings. The van der Waals surface area contributed by atoms with Crippen molar-refractivity contribution in [3.05, 3.63) is 70.7 Å². The van der Waals surface area contributed by atoms with Crippen molar-refractivity contribution in [1.82, 2.24) is 14.8 Å². The number of hydrogen-bond acceptors (Lipinski definition) is 4. The molecule has 7 nitrogen and oxygen atoms in total. The van der Waals surface area contributed by atoms with E-state index in [0.717, 1.165) is 15.6 Å². The van der Waals surface area contributed by atoms with Gasteiger partial charge >= 0.3 is 0 Å². The summed E-state index contributed by atoms with van der Waals surface area (Å²) in [4.78, 5) is 29.0. The van der Waals surface area contributed by atoms with E-state index in [1.54, 1.807) is 17.1 Å². The standard InChI is InChI=1S/C19H16BrN5O2/c20-13-5-6-17-14(7-13)15(8-18(26)23-17)19(27)24-16-4-2-1-3-12(16)9-25-11-21-10-22-25/h1-7,10-11,15H,8-9H2,(H,23,26)(H,24,27). The van der Waals surface area contributed by atoms with E-state index in [1.807, 2.05) is 36.4 Å². The fraction of sp³-hybridized carbons (Fsp3) is 0.158. The number of nitrogens with zero attached hydrogens (tertiary/aromatic N) is 3. The van der Waals surface area contributed by atoms with Gasteiger partial charge in [0.25, 0.3) is 0 Å². The molecule has 2 amide bonds. The van der Waals surface area contributed by atoms with E-state index in [0.29, 0.717) is 17.9 Å². The quantitative estimate of drug-likeness (QED) is 0.671. The fourth-order valence-electron chi connectivity index (χ4n) is 3.16. The van der Waals surface area contributed by atoms with Gasteiger partial charge in [-0.2, -0.15) is 5.10 Å². The molecule has 0 radical (unpaired) electrons. The second kappa shape index (κ2) is 7.32. The first-order valence-electron chi connectivity index (χ1n) is 8.40. The van der Waals surface area contributed by atoms with Crippen molar-refractivity contribution in [1.29, 1.82) is 0 Å². The number of nitrogens with one attached hydrogen (secondary N) is 2. The zero-order valence-corrected chi connectivity index (χ0v) is 15.8. The van der Waals surface area contributed by atoms with Crippen molar-refractivity contribution in [2.45, 2.75) is 18.9 Å². The summed E-state index contributed by atoms with van der Waals surface area (Å²) in [7, 11) is 0. The third kappa shape index (κ3) is 3.75. The van der Waals surface area contributed by atoms with Gasteiger partial charge in [0.1, 0.15) is 12.7 Å². The van der Waals surface area contributed by atoms with Crippen LogP contribution in [-0.4, -0.2) is 26.6 Å². The lowest BCUT2D eigenvalue weighted by Crippen LogP contribution is -2.31. The zero-order chi connectivity index (χ0) is 18.8. The molecule has 0 aliphatic carbocycles. The molecule has 1 aliphatic heterocycles. The molecule has 1 unspecified atom stereocenters. The van der Waals surface area contributed by atoms with Gasteiger partial charge in [-0.3, -0.25) is 9.59 Å². The van der Waals surface area contributed by atoms with Crippen LogP contribution in [0.15, 0.2) is 59.6 Å². The van der Waals surface area contributed by atoms with Gasteiger partial charge in [-0.15, -0.1) is 0 Å². The SMILES string of the molecule is O=C1CC(C(=O)Nc2ccccc2Cn2cncn2)c2cc(Br)ccc2N1. The van der Waals surface area contributed by atoms with E-state index < -0.39 is 5.92 Å². The Balaban J connectivity index is 1.60. The number of amides is 2. The summed E-state index contributed by atoms with van der Waals surface area (Å²) in [6.45, 7) is 0.490. The van der Waals surface area contributed by atoms with E-state index in [1.165, 1.54) is 6.33 Å². The molecule has 8 heteroatoms. The van der Waals surface area contributed by atoms with Crippen LogP contribution in [0.5, 0.6) is 0 Å². The van der Waals surface area contributed by atoms with E-state index in [2.05, 4.69) is 36.6 Å². The molecule has 0 bridgehead atoms. The highest BCUT2D eigenvalue weighted by Crippen LogP contribution is 2.35. The largest absolute Gasteiger partial charge is 0.326 e. The number of rotatable bonds is 4. The predicted molar refractivity (Wildman–Crippen MR) is 104 cm³/mol. The van der Waals surface area contributed by atoms with Gasteiger partial charge in [0, 0.05) is 22.3 Å². The number of fused-ring (bicyclic) bond motifs is 1. The number of para-hydroxylation sites is 1. The van der Waals surface area contributed by atoms with E-state index >= 15 is 0 Å². The summed E-state index contributed by atoms with van der Waals surface area (Å²) >= 11 is 3.43. The van der Waals surface area contributed by atoms with Crippen LogP contribution >= 0.6 is 15.9 Å². The molecule has 0 saturated heterocycles. The van der Waals surface area contributed by atoms with Crippen molar-refractivity contribution in [2.24, 2.45) is 0 Å². The molecule has 2 heterocycles. The summed E-state index contributed by atoms with van der Waals surface area (Å²) < 4.78 is 2.55. The van der Waals surface area contributed by atoms with E-state index in [4.69, 9.17) is 0 Å². The minimum Gasteiger partial charge on any atom is -0.326 e. The molecule has 0 fully saturated rings. The number of carbonyl (C=O) groups is 2. The Bertz CT molecular complexity index is 1000. The molecule has 136 valence electrons. The van der Waals surface area contributed by atoms with Gasteiger partial charge in [0.2, 0.25) is 11.8 Å². The average Bonchev–Trinajstić information content (AvgIpc) is 3.16. The highest BCUT2D eigenvalue weighted by Gasteiger charge is 2.31. The van der Waals surface area contributed by atoms with Gasteiger partial charge in [0.15, 0.2) is 0 Å². The number of benzene rings is 2. The topological polar surface area (TPSA) is 88.9 Å². The second-order valence-corrected chi connectivity index (χ2v) is 7.19. The minimum atomic E-state index is -0.550.